The van der Waals surface area contributed by atoms with Crippen molar-refractivity contribution in [3.63, 3.8) is 0 Å². The van der Waals surface area contributed by atoms with Gasteiger partial charge in [-0.2, -0.15) is 0 Å². The maximum absolute atomic E-state index is 9.40. The van der Waals surface area contributed by atoms with Crippen LogP contribution in [0.15, 0.2) is 24.3 Å². The Morgan fingerprint density at radius 3 is 2.53 bits per heavy atom. The lowest BCUT2D eigenvalue weighted by Gasteiger charge is -1.94. The molecule has 0 spiro atoms. The molecule has 17 heavy (non-hydrogen) atoms. The molecule has 0 amide bonds. The number of nitrogens with one attached hydrogen (secondary N) is 1. The Kier molecular flexibility index (Phi) is 5.47. The molecule has 1 N–H and O–H groups in total. The quantitative estimate of drug-likeness (QED) is 0.795. The first-order valence-electron chi connectivity index (χ1n) is 6.23. The van der Waals surface area contributed by atoms with Crippen LogP contribution in [0.25, 0.3) is 10.9 Å². The molecule has 0 saturated carbocycles. The molecule has 1 heterocycles. The monoisotopic (exact) mass is 231 g/mol. The molecule has 1 aromatic heterocycles. The van der Waals surface area contributed by atoms with Crippen LogP contribution in [0.2, 0.25) is 0 Å². The Bertz CT molecular complexity index is 471. The van der Waals surface area contributed by atoms with Gasteiger partial charge in [0.2, 0.25) is 0 Å². The minimum atomic E-state index is 0.708. The van der Waals surface area contributed by atoms with Crippen LogP contribution in [0.5, 0.6) is 0 Å². The number of rotatable bonds is 3. The average Bonchev–Trinajstić information content (AvgIpc) is 2.69. The highest BCUT2D eigenvalue weighted by molar-refractivity contribution is 5.81. The SMILES string of the molecule is CCCC=O.CCc1ccc2[nH]c(C)cc2c1. The lowest BCUT2D eigenvalue weighted by Crippen LogP contribution is -1.77. The number of unbranched alkanes of at least 4 members (excludes halogenated alkanes) is 1. The van der Waals surface area contributed by atoms with E-state index >= 15 is 0 Å². The first kappa shape index (κ1) is 13.5. The molecular weight excluding hydrogens is 210 g/mol. The summed E-state index contributed by atoms with van der Waals surface area (Å²) in [5, 5.41) is 1.33. The number of fused-ring (bicyclic) bond motifs is 1. The smallest absolute Gasteiger partial charge is 0.119 e. The summed E-state index contributed by atoms with van der Waals surface area (Å²) >= 11 is 0. The predicted molar refractivity (Wildman–Crippen MR) is 73.4 cm³/mol. The molecule has 0 aliphatic heterocycles. The van der Waals surface area contributed by atoms with E-state index in [1.165, 1.54) is 22.2 Å². The van der Waals surface area contributed by atoms with Crippen LogP contribution < -0.4 is 0 Å². The molecule has 0 saturated heterocycles. The van der Waals surface area contributed by atoms with Crippen LogP contribution in [0.1, 0.15) is 37.9 Å². The van der Waals surface area contributed by atoms with Crippen LogP contribution in [-0.4, -0.2) is 11.3 Å². The van der Waals surface area contributed by atoms with Crippen LogP contribution in [0.4, 0.5) is 0 Å². The van der Waals surface area contributed by atoms with Crippen molar-refractivity contribution in [3.05, 3.63) is 35.5 Å². The van der Waals surface area contributed by atoms with Gasteiger partial charge in [-0.25, -0.2) is 0 Å². The zero-order chi connectivity index (χ0) is 12.7. The average molecular weight is 231 g/mol. The fourth-order valence-electron chi connectivity index (χ4n) is 1.66. The maximum atomic E-state index is 9.40. The Morgan fingerprint density at radius 1 is 1.24 bits per heavy atom. The highest BCUT2D eigenvalue weighted by Crippen LogP contribution is 2.16. The van der Waals surface area contributed by atoms with E-state index < -0.39 is 0 Å². The second kappa shape index (κ2) is 6.89. The highest BCUT2D eigenvalue weighted by Gasteiger charge is 1.97. The first-order chi connectivity index (χ1) is 8.21. The Hall–Kier alpha value is -1.57. The second-order valence-electron chi connectivity index (χ2n) is 4.18. The van der Waals surface area contributed by atoms with Gasteiger partial charge in [0.05, 0.1) is 0 Å². The van der Waals surface area contributed by atoms with Crippen LogP contribution >= 0.6 is 0 Å². The van der Waals surface area contributed by atoms with E-state index in [9.17, 15) is 4.79 Å². The topological polar surface area (TPSA) is 32.9 Å². The molecule has 0 radical (unpaired) electrons. The lowest BCUT2D eigenvalue weighted by atomic mass is 10.1. The van der Waals surface area contributed by atoms with Gasteiger partial charge in [-0.1, -0.05) is 19.9 Å². The van der Waals surface area contributed by atoms with E-state index in [1.807, 2.05) is 6.92 Å². The number of hydrogen-bond donors (Lipinski definition) is 1. The van der Waals surface area contributed by atoms with Gasteiger partial charge >= 0.3 is 0 Å². The minimum absolute atomic E-state index is 0.708. The van der Waals surface area contributed by atoms with Gasteiger partial charge in [0, 0.05) is 17.6 Å². The van der Waals surface area contributed by atoms with Gasteiger partial charge in [-0.05, 0) is 48.9 Å². The molecule has 0 bridgehead atoms. The van der Waals surface area contributed by atoms with E-state index in [1.54, 1.807) is 0 Å². The summed E-state index contributed by atoms with van der Waals surface area (Å²) in [6.07, 6.45) is 3.73. The van der Waals surface area contributed by atoms with Crippen molar-refractivity contribution in [2.45, 2.75) is 40.0 Å². The van der Waals surface area contributed by atoms with E-state index in [0.29, 0.717) is 6.42 Å². The van der Waals surface area contributed by atoms with Crippen LogP contribution in [0, 0.1) is 6.92 Å². The van der Waals surface area contributed by atoms with Crippen molar-refractivity contribution in [2.75, 3.05) is 0 Å². The van der Waals surface area contributed by atoms with Gasteiger partial charge in [0.15, 0.2) is 0 Å². The Labute approximate surface area is 103 Å². The number of hydrogen-bond acceptors (Lipinski definition) is 1. The molecule has 0 unspecified atom stereocenters. The van der Waals surface area contributed by atoms with Crippen molar-refractivity contribution >= 4 is 17.2 Å². The zero-order valence-corrected chi connectivity index (χ0v) is 10.9. The van der Waals surface area contributed by atoms with Gasteiger partial charge in [0.25, 0.3) is 0 Å². The summed E-state index contributed by atoms with van der Waals surface area (Å²) in [6.45, 7) is 6.25. The van der Waals surface area contributed by atoms with E-state index in [2.05, 4.69) is 43.1 Å². The van der Waals surface area contributed by atoms with Crippen molar-refractivity contribution in [1.29, 1.82) is 0 Å². The molecule has 2 heteroatoms. The van der Waals surface area contributed by atoms with Crippen LogP contribution in [0.3, 0.4) is 0 Å². The molecule has 92 valence electrons. The number of carbonyl (C=O) groups is 1. The summed E-state index contributed by atoms with van der Waals surface area (Å²) in [4.78, 5) is 12.7. The van der Waals surface area contributed by atoms with Crippen LogP contribution in [-0.2, 0) is 11.2 Å². The fourth-order valence-corrected chi connectivity index (χ4v) is 1.66. The molecule has 0 aliphatic carbocycles. The third kappa shape index (κ3) is 4.06. The number of aryl methyl sites for hydroxylation is 2. The lowest BCUT2D eigenvalue weighted by molar-refractivity contribution is -0.107. The van der Waals surface area contributed by atoms with Gasteiger partial charge in [-0.15, -0.1) is 0 Å². The molecule has 0 atom stereocenters. The molecule has 2 aromatic rings. The normalized spacial score (nSPS) is 9.82. The first-order valence-corrected chi connectivity index (χ1v) is 6.23. The van der Waals surface area contributed by atoms with Crippen molar-refractivity contribution in [1.82, 2.24) is 4.98 Å². The third-order valence-corrected chi connectivity index (χ3v) is 2.63. The summed E-state index contributed by atoms with van der Waals surface area (Å²) in [7, 11) is 0. The van der Waals surface area contributed by atoms with Gasteiger partial charge < -0.3 is 9.78 Å². The predicted octanol–water partition coefficient (Wildman–Crippen LogP) is 4.02. The summed E-state index contributed by atoms with van der Waals surface area (Å²) in [5.41, 5.74) is 3.88. The number of benzene rings is 1. The molecular formula is C15H21NO. The Morgan fingerprint density at radius 2 is 2.00 bits per heavy atom. The maximum Gasteiger partial charge on any atom is 0.119 e. The molecule has 2 rings (SSSR count). The summed E-state index contributed by atoms with van der Waals surface area (Å²) < 4.78 is 0. The molecule has 0 fully saturated rings. The zero-order valence-electron chi connectivity index (χ0n) is 10.9. The number of carbonyl (C=O) groups excluding carboxylic acids is 1. The van der Waals surface area contributed by atoms with E-state index in [0.717, 1.165) is 19.1 Å². The van der Waals surface area contributed by atoms with E-state index in [-0.39, 0.29) is 0 Å². The molecule has 1 aromatic carbocycles. The highest BCUT2D eigenvalue weighted by atomic mass is 16.1. The van der Waals surface area contributed by atoms with E-state index in [4.69, 9.17) is 0 Å². The van der Waals surface area contributed by atoms with Gasteiger partial charge in [-0.3, -0.25) is 0 Å². The standard InChI is InChI=1S/C11H13N.C4H8O/c1-3-9-4-5-11-10(7-9)6-8(2)12-11;1-2-3-4-5/h4-7,12H,3H2,1-2H3;4H,2-3H2,1H3. The number of aldehydes is 1. The van der Waals surface area contributed by atoms with Crippen molar-refractivity contribution < 1.29 is 4.79 Å². The third-order valence-electron chi connectivity index (χ3n) is 2.63. The summed E-state index contributed by atoms with van der Waals surface area (Å²) in [5.74, 6) is 0. The van der Waals surface area contributed by atoms with Gasteiger partial charge in [0.1, 0.15) is 6.29 Å². The van der Waals surface area contributed by atoms with Crippen molar-refractivity contribution in [2.24, 2.45) is 0 Å². The largest absolute Gasteiger partial charge is 0.359 e. The number of aromatic nitrogens is 1. The summed E-state index contributed by atoms with van der Waals surface area (Å²) in [6, 6.07) is 8.77. The van der Waals surface area contributed by atoms with Crippen molar-refractivity contribution in [3.8, 4) is 0 Å². The Balaban J connectivity index is 0.000000249. The molecule has 2 nitrogen and oxygen atoms in total. The molecule has 0 aliphatic rings. The fraction of sp³-hybridized carbons (Fsp3) is 0.400. The minimum Gasteiger partial charge on any atom is -0.359 e. The number of aromatic amines is 1. The second-order valence-corrected chi connectivity index (χ2v) is 4.18. The number of H-pyrrole nitrogens is 1.